The Labute approximate surface area is 197 Å². The third kappa shape index (κ3) is 5.96. The van der Waals surface area contributed by atoms with E-state index in [-0.39, 0.29) is 42.1 Å². The summed E-state index contributed by atoms with van der Waals surface area (Å²) in [4.78, 5) is 12.3. The minimum atomic E-state index is -5.98. The van der Waals surface area contributed by atoms with Crippen LogP contribution >= 0.6 is 11.6 Å². The zero-order chi connectivity index (χ0) is 25.9. The van der Waals surface area contributed by atoms with E-state index < -0.39 is 33.5 Å². The van der Waals surface area contributed by atoms with Crippen LogP contribution in [0.15, 0.2) is 36.4 Å². The molecular formula is C21H20ClF6NO4S. The number of halogens is 7. The highest BCUT2D eigenvalue weighted by Gasteiger charge is 2.49. The van der Waals surface area contributed by atoms with Crippen LogP contribution in [0.1, 0.15) is 25.0 Å². The molecule has 1 heterocycles. The Kier molecular flexibility index (Phi) is 8.52. The van der Waals surface area contributed by atoms with Gasteiger partial charge in [0.1, 0.15) is 0 Å². The van der Waals surface area contributed by atoms with Gasteiger partial charge in [-0.2, -0.15) is 34.8 Å². The Balaban J connectivity index is 0.00000199. The molecule has 0 aliphatic carbocycles. The molecule has 0 fully saturated rings. The first-order valence-electron chi connectivity index (χ1n) is 9.99. The molecule has 3 rings (SSSR count). The van der Waals surface area contributed by atoms with Crippen LogP contribution < -0.4 is 4.18 Å². The molecule has 2 aromatic rings. The third-order valence-corrected chi connectivity index (χ3v) is 6.09. The van der Waals surface area contributed by atoms with E-state index >= 15 is 0 Å². The predicted octanol–water partition coefficient (Wildman–Crippen LogP) is 5.75. The first-order valence-corrected chi connectivity index (χ1v) is 11.8. The van der Waals surface area contributed by atoms with E-state index in [9.17, 15) is 39.6 Å². The van der Waals surface area contributed by atoms with Crippen molar-refractivity contribution in [1.82, 2.24) is 4.90 Å². The van der Waals surface area contributed by atoms with E-state index in [4.69, 9.17) is 11.6 Å². The van der Waals surface area contributed by atoms with Crippen molar-refractivity contribution in [2.24, 2.45) is 0 Å². The summed E-state index contributed by atoms with van der Waals surface area (Å²) in [6.45, 7) is 3.45. The molecule has 0 saturated carbocycles. The number of rotatable bonds is 3. The van der Waals surface area contributed by atoms with E-state index in [1.807, 2.05) is 13.8 Å². The van der Waals surface area contributed by atoms with Gasteiger partial charge in [-0.15, -0.1) is 0 Å². The summed E-state index contributed by atoms with van der Waals surface area (Å²) < 4.78 is 104. The van der Waals surface area contributed by atoms with Crippen molar-refractivity contribution in [2.75, 3.05) is 13.1 Å². The molecule has 5 nitrogen and oxygen atoms in total. The van der Waals surface area contributed by atoms with Crippen molar-refractivity contribution in [3.63, 3.8) is 0 Å². The summed E-state index contributed by atoms with van der Waals surface area (Å²) in [6, 6.07) is 7.89. The minimum absolute atomic E-state index is 0.0276. The van der Waals surface area contributed by atoms with Crippen LogP contribution in [0, 0.1) is 0 Å². The summed E-state index contributed by atoms with van der Waals surface area (Å²) in [5.41, 5.74) is -4.72. The second-order valence-corrected chi connectivity index (χ2v) is 8.77. The molecule has 1 aliphatic heterocycles. The minimum Gasteiger partial charge on any atom is -0.375 e. The van der Waals surface area contributed by atoms with Gasteiger partial charge in [-0.1, -0.05) is 49.7 Å². The first-order chi connectivity index (χ1) is 15.7. The van der Waals surface area contributed by atoms with Gasteiger partial charge in [0.2, 0.25) is 0 Å². The number of nitrogens with zero attached hydrogens (tertiary/aromatic N) is 1. The Morgan fingerprint density at radius 2 is 1.56 bits per heavy atom. The average molecular weight is 532 g/mol. The van der Waals surface area contributed by atoms with Crippen LogP contribution in [0.2, 0.25) is 5.02 Å². The van der Waals surface area contributed by atoms with Crippen molar-refractivity contribution >= 4 is 27.6 Å². The molecule has 1 amide bonds. The lowest BCUT2D eigenvalue weighted by atomic mass is 9.92. The maximum absolute atomic E-state index is 12.8. The predicted molar refractivity (Wildman–Crippen MR) is 114 cm³/mol. The van der Waals surface area contributed by atoms with Gasteiger partial charge in [0.05, 0.1) is 0 Å². The fourth-order valence-electron chi connectivity index (χ4n) is 3.38. The van der Waals surface area contributed by atoms with Crippen LogP contribution in [-0.4, -0.2) is 44.0 Å². The number of amides is 1. The number of para-hydroxylation sites is 1. The molecule has 188 valence electrons. The van der Waals surface area contributed by atoms with Crippen LogP contribution in [0.3, 0.4) is 0 Å². The number of hydrogen-bond donors (Lipinski definition) is 0. The molecule has 34 heavy (non-hydrogen) atoms. The fraction of sp³-hybridized carbons (Fsp3) is 0.381. The first kappa shape index (κ1) is 27.8. The SMILES string of the molecule is CC.O=C(N1CCc2ccc(Cl)c(-c3ccccc3OS(=O)(=O)C(F)(F)F)c2CC1)C(F)(F)F. The second kappa shape index (κ2) is 10.4. The van der Waals surface area contributed by atoms with Gasteiger partial charge in [-0.05, 0) is 36.1 Å². The van der Waals surface area contributed by atoms with Crippen LogP contribution in [0.25, 0.3) is 11.1 Å². The van der Waals surface area contributed by atoms with E-state index in [1.165, 1.54) is 24.3 Å². The maximum atomic E-state index is 12.8. The molecule has 0 spiro atoms. The van der Waals surface area contributed by atoms with E-state index in [1.54, 1.807) is 6.07 Å². The van der Waals surface area contributed by atoms with Gasteiger partial charge >= 0.3 is 27.7 Å². The Morgan fingerprint density at radius 3 is 2.15 bits per heavy atom. The number of benzene rings is 2. The Bertz CT molecular complexity index is 1150. The highest BCUT2D eigenvalue weighted by Crippen LogP contribution is 2.41. The molecule has 0 saturated heterocycles. The van der Waals surface area contributed by atoms with Gasteiger partial charge < -0.3 is 9.08 Å². The van der Waals surface area contributed by atoms with Gasteiger partial charge in [0.25, 0.3) is 0 Å². The summed E-state index contributed by atoms with van der Waals surface area (Å²) in [5, 5.41) is 0.0276. The smallest absolute Gasteiger partial charge is 0.375 e. The standard InChI is InChI=1S/C19H14ClF6NO4S.C2H6/c20-14-6-5-11-7-9-27(17(28)18(21,22)23)10-8-12(11)16(14)13-3-1-2-4-15(13)31-32(29,30)19(24,25)26;1-2/h1-6H,7-10H2;1-2H3. The Hall–Kier alpha value is -2.47. The topological polar surface area (TPSA) is 63.7 Å². The van der Waals surface area contributed by atoms with E-state index in [0.29, 0.717) is 16.0 Å². The lowest BCUT2D eigenvalue weighted by Gasteiger charge is -2.21. The summed E-state index contributed by atoms with van der Waals surface area (Å²) in [6.07, 6.45) is -5.11. The van der Waals surface area contributed by atoms with Crippen LogP contribution in [0.5, 0.6) is 5.75 Å². The van der Waals surface area contributed by atoms with Gasteiger partial charge in [0, 0.05) is 29.2 Å². The number of hydrogen-bond acceptors (Lipinski definition) is 4. The molecule has 2 aromatic carbocycles. The highest BCUT2D eigenvalue weighted by atomic mass is 35.5. The lowest BCUT2D eigenvalue weighted by molar-refractivity contribution is -0.185. The van der Waals surface area contributed by atoms with Crippen molar-refractivity contribution in [2.45, 2.75) is 38.4 Å². The molecule has 13 heteroatoms. The normalized spacial score (nSPS) is 14.4. The van der Waals surface area contributed by atoms with Gasteiger partial charge in [-0.3, -0.25) is 4.79 Å². The molecule has 0 bridgehead atoms. The number of carbonyl (C=O) groups is 1. The molecule has 0 atom stereocenters. The van der Waals surface area contributed by atoms with Gasteiger partial charge in [0.15, 0.2) is 5.75 Å². The molecule has 0 radical (unpaired) electrons. The van der Waals surface area contributed by atoms with E-state index in [2.05, 4.69) is 4.18 Å². The summed E-state index contributed by atoms with van der Waals surface area (Å²) in [5.74, 6) is -2.65. The average Bonchev–Trinajstić information content (AvgIpc) is 2.96. The van der Waals surface area contributed by atoms with Crippen LogP contribution in [0.4, 0.5) is 26.3 Å². The second-order valence-electron chi connectivity index (χ2n) is 6.83. The molecule has 0 aromatic heterocycles. The number of fused-ring (bicyclic) bond motifs is 1. The Morgan fingerprint density at radius 1 is 0.971 bits per heavy atom. The number of alkyl halides is 6. The van der Waals surface area contributed by atoms with Crippen molar-refractivity contribution < 1.29 is 43.7 Å². The van der Waals surface area contributed by atoms with Crippen molar-refractivity contribution in [3.8, 4) is 16.9 Å². The molecule has 1 aliphatic rings. The van der Waals surface area contributed by atoms with Gasteiger partial charge in [-0.25, -0.2) is 0 Å². The third-order valence-electron chi connectivity index (χ3n) is 4.81. The highest BCUT2D eigenvalue weighted by molar-refractivity contribution is 7.88. The summed E-state index contributed by atoms with van der Waals surface area (Å²) in [7, 11) is -5.98. The van der Waals surface area contributed by atoms with Crippen LogP contribution in [-0.2, 0) is 27.8 Å². The zero-order valence-corrected chi connectivity index (χ0v) is 19.5. The van der Waals surface area contributed by atoms with E-state index in [0.717, 1.165) is 6.07 Å². The zero-order valence-electron chi connectivity index (χ0n) is 17.9. The number of carbonyl (C=O) groups excluding carboxylic acids is 1. The summed E-state index contributed by atoms with van der Waals surface area (Å²) >= 11 is 6.27. The monoisotopic (exact) mass is 531 g/mol. The largest absolute Gasteiger partial charge is 0.534 e. The maximum Gasteiger partial charge on any atom is 0.534 e. The quantitative estimate of drug-likeness (QED) is 0.287. The molecule has 0 N–H and O–H groups in total. The molecule has 0 unspecified atom stereocenters. The van der Waals surface area contributed by atoms with Crippen molar-refractivity contribution in [1.29, 1.82) is 0 Å². The lowest BCUT2D eigenvalue weighted by Crippen LogP contribution is -2.42. The van der Waals surface area contributed by atoms with Crippen molar-refractivity contribution in [3.05, 3.63) is 52.5 Å². The fourth-order valence-corrected chi connectivity index (χ4v) is 4.14. The molecular weight excluding hydrogens is 512 g/mol.